The van der Waals surface area contributed by atoms with Crippen LogP contribution in [0.5, 0.6) is 11.5 Å². The molecule has 0 aliphatic rings. The van der Waals surface area contributed by atoms with Crippen LogP contribution in [0.3, 0.4) is 0 Å². The number of rotatable bonds is 12. The van der Waals surface area contributed by atoms with Crippen LogP contribution in [0.4, 0.5) is 0 Å². The maximum absolute atomic E-state index is 12.2. The van der Waals surface area contributed by atoms with Gasteiger partial charge >= 0.3 is 11.9 Å². The zero-order chi connectivity index (χ0) is 24.5. The third-order valence-electron chi connectivity index (χ3n) is 5.35. The summed E-state index contributed by atoms with van der Waals surface area (Å²) in [7, 11) is 0. The van der Waals surface area contributed by atoms with Gasteiger partial charge in [-0.1, -0.05) is 69.5 Å². The maximum Gasteiger partial charge on any atom is 0.344 e. The highest BCUT2D eigenvalue weighted by Gasteiger charge is 2.21. The van der Waals surface area contributed by atoms with Gasteiger partial charge in [-0.15, -0.1) is 0 Å². The Kier molecular flexibility index (Phi) is 8.68. The Morgan fingerprint density at radius 3 is 1.88 bits per heavy atom. The van der Waals surface area contributed by atoms with Crippen molar-refractivity contribution in [2.45, 2.75) is 26.7 Å². The van der Waals surface area contributed by atoms with E-state index < -0.39 is 11.9 Å². The van der Waals surface area contributed by atoms with Crippen molar-refractivity contribution in [3.8, 4) is 11.5 Å². The minimum atomic E-state index is -0.482. The number of benzene rings is 3. The van der Waals surface area contributed by atoms with E-state index in [9.17, 15) is 9.59 Å². The molecule has 34 heavy (non-hydrogen) atoms. The molecule has 0 aliphatic carbocycles. The number of esters is 2. The standard InChI is InChI=1S/C28H30O6/c1-5-13-31-24(29)17-33-27-21-11-9-10-12-22(21)28(34-18-25(30)32-14-6-2)26-20(8-4)15-19(7-3)16-23(26)27/h5-6,9-12,15-16H,1-2,7-8,13-14,17-18H2,3-4H3. The quantitative estimate of drug-likeness (QED) is 0.206. The Labute approximate surface area is 199 Å². The van der Waals surface area contributed by atoms with Gasteiger partial charge in [-0.05, 0) is 30.0 Å². The van der Waals surface area contributed by atoms with Gasteiger partial charge < -0.3 is 18.9 Å². The van der Waals surface area contributed by atoms with Gasteiger partial charge in [0.2, 0.25) is 0 Å². The predicted molar refractivity (Wildman–Crippen MR) is 134 cm³/mol. The summed E-state index contributed by atoms with van der Waals surface area (Å²) >= 11 is 0. The van der Waals surface area contributed by atoms with E-state index in [4.69, 9.17) is 18.9 Å². The second-order valence-electron chi connectivity index (χ2n) is 7.61. The molecular weight excluding hydrogens is 432 g/mol. The molecule has 0 heterocycles. The number of hydrogen-bond donors (Lipinski definition) is 0. The van der Waals surface area contributed by atoms with Crippen LogP contribution in [0, 0.1) is 0 Å². The van der Waals surface area contributed by atoms with E-state index in [2.05, 4.69) is 33.1 Å². The minimum Gasteiger partial charge on any atom is -0.481 e. The van der Waals surface area contributed by atoms with Crippen LogP contribution in [0.1, 0.15) is 25.0 Å². The van der Waals surface area contributed by atoms with Crippen molar-refractivity contribution in [2.24, 2.45) is 0 Å². The number of carbonyl (C=O) groups excluding carboxylic acids is 2. The summed E-state index contributed by atoms with van der Waals surface area (Å²) in [4.78, 5) is 24.3. The first kappa shape index (κ1) is 24.8. The van der Waals surface area contributed by atoms with Crippen LogP contribution >= 0.6 is 0 Å². The van der Waals surface area contributed by atoms with Gasteiger partial charge in [0.15, 0.2) is 13.2 Å². The molecule has 0 radical (unpaired) electrons. The molecule has 0 bridgehead atoms. The second-order valence-corrected chi connectivity index (χ2v) is 7.61. The molecule has 0 fully saturated rings. The predicted octanol–water partition coefficient (Wildman–Crippen LogP) is 5.33. The number of aryl methyl sites for hydroxylation is 2. The fraction of sp³-hybridized carbons (Fsp3) is 0.286. The molecule has 3 aromatic rings. The smallest absolute Gasteiger partial charge is 0.344 e. The average molecular weight is 463 g/mol. The lowest BCUT2D eigenvalue weighted by Gasteiger charge is -2.20. The highest BCUT2D eigenvalue weighted by molar-refractivity contribution is 6.12. The largest absolute Gasteiger partial charge is 0.481 e. The van der Waals surface area contributed by atoms with E-state index in [-0.39, 0.29) is 26.4 Å². The van der Waals surface area contributed by atoms with Gasteiger partial charge in [0.05, 0.1) is 0 Å². The van der Waals surface area contributed by atoms with E-state index in [1.54, 1.807) is 0 Å². The Morgan fingerprint density at radius 2 is 1.35 bits per heavy atom. The molecule has 3 aromatic carbocycles. The lowest BCUT2D eigenvalue weighted by molar-refractivity contribution is -0.145. The van der Waals surface area contributed by atoms with E-state index in [0.717, 1.165) is 45.5 Å². The van der Waals surface area contributed by atoms with Crippen LogP contribution in [0.2, 0.25) is 0 Å². The third-order valence-corrected chi connectivity index (χ3v) is 5.35. The molecule has 0 atom stereocenters. The first-order valence-corrected chi connectivity index (χ1v) is 11.3. The lowest BCUT2D eigenvalue weighted by Crippen LogP contribution is -2.16. The van der Waals surface area contributed by atoms with Crippen LogP contribution in [0.25, 0.3) is 21.5 Å². The summed E-state index contributed by atoms with van der Waals surface area (Å²) in [6.45, 7) is 11.0. The molecule has 0 saturated carbocycles. The molecule has 0 spiro atoms. The highest BCUT2D eigenvalue weighted by Crippen LogP contribution is 2.45. The van der Waals surface area contributed by atoms with Crippen LogP contribution in [-0.4, -0.2) is 38.4 Å². The van der Waals surface area contributed by atoms with Gasteiger partial charge in [0.1, 0.15) is 24.7 Å². The molecule has 3 rings (SSSR count). The van der Waals surface area contributed by atoms with Gasteiger partial charge in [-0.25, -0.2) is 9.59 Å². The Morgan fingerprint density at radius 1 is 0.794 bits per heavy atom. The number of fused-ring (bicyclic) bond motifs is 2. The molecule has 0 aliphatic heterocycles. The van der Waals surface area contributed by atoms with Gasteiger partial charge in [0.25, 0.3) is 0 Å². The first-order valence-electron chi connectivity index (χ1n) is 11.3. The Hall–Kier alpha value is -3.80. The third kappa shape index (κ3) is 5.57. The van der Waals surface area contributed by atoms with Crippen molar-refractivity contribution in [1.29, 1.82) is 0 Å². The van der Waals surface area contributed by atoms with Crippen molar-refractivity contribution >= 4 is 33.5 Å². The molecule has 0 aromatic heterocycles. The van der Waals surface area contributed by atoms with Gasteiger partial charge in [0, 0.05) is 21.5 Å². The summed E-state index contributed by atoms with van der Waals surface area (Å²) in [5.74, 6) is 0.199. The van der Waals surface area contributed by atoms with Crippen molar-refractivity contribution in [1.82, 2.24) is 0 Å². The molecule has 0 unspecified atom stereocenters. The Balaban J connectivity index is 2.18. The highest BCUT2D eigenvalue weighted by atomic mass is 16.6. The van der Waals surface area contributed by atoms with E-state index >= 15 is 0 Å². The number of ether oxygens (including phenoxy) is 4. The van der Waals surface area contributed by atoms with E-state index in [1.807, 2.05) is 30.3 Å². The molecular formula is C28H30O6. The van der Waals surface area contributed by atoms with Gasteiger partial charge in [-0.2, -0.15) is 0 Å². The normalized spacial score (nSPS) is 10.6. The SMILES string of the molecule is C=CCOC(=O)COc1c2ccccc2c(OCC(=O)OCC=C)c2c(CC)cc(CC)cc12. The van der Waals surface area contributed by atoms with E-state index in [0.29, 0.717) is 11.5 Å². The second kappa shape index (κ2) is 11.9. The van der Waals surface area contributed by atoms with Crippen LogP contribution in [-0.2, 0) is 31.9 Å². The summed E-state index contributed by atoms with van der Waals surface area (Å²) in [6, 6.07) is 11.8. The average Bonchev–Trinajstić information content (AvgIpc) is 2.87. The molecule has 0 N–H and O–H groups in total. The number of hydrogen-bond acceptors (Lipinski definition) is 6. The van der Waals surface area contributed by atoms with Crippen molar-refractivity contribution in [3.63, 3.8) is 0 Å². The summed E-state index contributed by atoms with van der Waals surface area (Å²) in [6.07, 6.45) is 4.60. The lowest BCUT2D eigenvalue weighted by atomic mass is 9.93. The van der Waals surface area contributed by atoms with Crippen molar-refractivity contribution in [2.75, 3.05) is 26.4 Å². The molecule has 6 heteroatoms. The first-order chi connectivity index (χ1) is 16.5. The molecule has 0 saturated heterocycles. The summed E-state index contributed by atoms with van der Waals surface area (Å²) in [5.41, 5.74) is 2.20. The van der Waals surface area contributed by atoms with Crippen molar-refractivity contribution < 1.29 is 28.5 Å². The summed E-state index contributed by atoms with van der Waals surface area (Å²) in [5, 5.41) is 3.22. The summed E-state index contributed by atoms with van der Waals surface area (Å²) < 4.78 is 22.3. The monoisotopic (exact) mass is 462 g/mol. The zero-order valence-corrected chi connectivity index (χ0v) is 19.7. The zero-order valence-electron chi connectivity index (χ0n) is 19.7. The molecule has 178 valence electrons. The number of carbonyl (C=O) groups is 2. The van der Waals surface area contributed by atoms with Crippen LogP contribution < -0.4 is 9.47 Å². The van der Waals surface area contributed by atoms with Crippen LogP contribution in [0.15, 0.2) is 61.7 Å². The van der Waals surface area contributed by atoms with Gasteiger partial charge in [-0.3, -0.25) is 0 Å². The maximum atomic E-state index is 12.2. The molecule has 0 amide bonds. The molecule has 6 nitrogen and oxygen atoms in total. The Bertz CT molecular complexity index is 1210. The fourth-order valence-electron chi connectivity index (χ4n) is 3.81. The van der Waals surface area contributed by atoms with E-state index in [1.165, 1.54) is 12.2 Å². The van der Waals surface area contributed by atoms with Crippen molar-refractivity contribution in [3.05, 3.63) is 72.8 Å². The fourth-order valence-corrected chi connectivity index (χ4v) is 3.81. The minimum absolute atomic E-state index is 0.123. The topological polar surface area (TPSA) is 71.1 Å².